The zero-order valence-electron chi connectivity index (χ0n) is 12.3. The van der Waals surface area contributed by atoms with Crippen LogP contribution in [0.1, 0.15) is 43.7 Å². The Balaban J connectivity index is 2.16. The lowest BCUT2D eigenvalue weighted by Crippen LogP contribution is -2.12. The Labute approximate surface area is 125 Å². The number of hydrogen-bond donors (Lipinski definition) is 0. The molecule has 4 nitrogen and oxygen atoms in total. The van der Waals surface area contributed by atoms with Crippen LogP contribution < -0.4 is 0 Å². The summed E-state index contributed by atoms with van der Waals surface area (Å²) in [7, 11) is -3.05. The summed E-state index contributed by atoms with van der Waals surface area (Å²) in [5.74, 6) is -0.319. The van der Waals surface area contributed by atoms with Gasteiger partial charge in [0.05, 0.1) is 18.3 Å². The van der Waals surface area contributed by atoms with Crippen LogP contribution in [0.15, 0.2) is 29.2 Å². The van der Waals surface area contributed by atoms with Crippen molar-refractivity contribution in [1.29, 1.82) is 0 Å². The van der Waals surface area contributed by atoms with Gasteiger partial charge in [-0.2, -0.15) is 0 Å². The predicted molar refractivity (Wildman–Crippen MR) is 82.5 cm³/mol. The molecule has 0 aromatic heterocycles. The maximum absolute atomic E-state index is 11.8. The molecule has 1 heterocycles. The summed E-state index contributed by atoms with van der Waals surface area (Å²) in [6.07, 6.45) is 3.04. The Morgan fingerprint density at radius 2 is 2.00 bits per heavy atom. The number of hydrogen-bond acceptors (Lipinski definition) is 4. The fourth-order valence-electron chi connectivity index (χ4n) is 2.36. The molecular weight excluding hydrogens is 288 g/mol. The molecule has 21 heavy (non-hydrogen) atoms. The Bertz CT molecular complexity index is 641. The van der Waals surface area contributed by atoms with Crippen LogP contribution in [-0.4, -0.2) is 26.7 Å². The van der Waals surface area contributed by atoms with E-state index < -0.39 is 9.84 Å². The monoisotopic (exact) mass is 308 g/mol. The molecule has 2 rings (SSSR count). The smallest absolute Gasteiger partial charge is 0.313 e. The molecule has 1 aromatic rings. The highest BCUT2D eigenvalue weighted by atomic mass is 32.2. The summed E-state index contributed by atoms with van der Waals surface area (Å²) in [6.45, 7) is 3.94. The van der Waals surface area contributed by atoms with E-state index >= 15 is 0 Å². The lowest BCUT2D eigenvalue weighted by atomic mass is 10.00. The Kier molecular flexibility index (Phi) is 4.83. The van der Waals surface area contributed by atoms with Crippen LogP contribution in [0, 0.1) is 0 Å². The summed E-state index contributed by atoms with van der Waals surface area (Å²) in [4.78, 5) is 12.2. The number of ether oxygens (including phenoxy) is 1. The van der Waals surface area contributed by atoms with Gasteiger partial charge in [0.1, 0.15) is 0 Å². The molecule has 1 aliphatic heterocycles. The highest BCUT2D eigenvalue weighted by Crippen LogP contribution is 2.27. The fraction of sp³-hybridized carbons (Fsp3) is 0.438. The van der Waals surface area contributed by atoms with Gasteiger partial charge in [-0.15, -0.1) is 0 Å². The maximum atomic E-state index is 11.8. The minimum Gasteiger partial charge on any atom is -0.466 e. The molecule has 0 N–H and O–H groups in total. The van der Waals surface area contributed by atoms with Crippen LogP contribution in [0.4, 0.5) is 0 Å². The first kappa shape index (κ1) is 15.8. The van der Waals surface area contributed by atoms with Crippen molar-refractivity contribution in [3.8, 4) is 0 Å². The summed E-state index contributed by atoms with van der Waals surface area (Å²) in [5, 5.41) is 0. The minimum absolute atomic E-state index is 0.247. The van der Waals surface area contributed by atoms with E-state index in [2.05, 4.69) is 0 Å². The van der Waals surface area contributed by atoms with Gasteiger partial charge >= 0.3 is 5.97 Å². The molecule has 114 valence electrons. The summed E-state index contributed by atoms with van der Waals surface area (Å²) in [6, 6.07) is 7.36. The summed E-state index contributed by atoms with van der Waals surface area (Å²) in [5.41, 5.74) is 1.71. The second-order valence-electron chi connectivity index (χ2n) is 5.17. The van der Waals surface area contributed by atoms with Crippen LogP contribution in [0.2, 0.25) is 0 Å². The number of carbonyl (C=O) groups is 1. The van der Waals surface area contributed by atoms with Gasteiger partial charge in [-0.05, 0) is 43.9 Å². The molecule has 0 bridgehead atoms. The van der Waals surface area contributed by atoms with E-state index in [1.165, 1.54) is 0 Å². The van der Waals surface area contributed by atoms with Crippen LogP contribution in [-0.2, 0) is 19.4 Å². The van der Waals surface area contributed by atoms with Gasteiger partial charge in [-0.3, -0.25) is 4.79 Å². The highest BCUT2D eigenvalue weighted by molar-refractivity contribution is 7.95. The molecule has 0 radical (unpaired) electrons. The summed E-state index contributed by atoms with van der Waals surface area (Å²) < 4.78 is 28.5. The van der Waals surface area contributed by atoms with Gasteiger partial charge < -0.3 is 4.74 Å². The number of allylic oxidation sites excluding steroid dienone is 1. The Morgan fingerprint density at radius 3 is 2.52 bits per heavy atom. The van der Waals surface area contributed by atoms with E-state index in [-0.39, 0.29) is 17.6 Å². The minimum atomic E-state index is -3.05. The second kappa shape index (κ2) is 6.43. The SMILES string of the molecule is CCOC(=O)C(C)c1ccc(/C=C2\CCCS2(=O)=O)cc1. The van der Waals surface area contributed by atoms with E-state index in [0.717, 1.165) is 11.1 Å². The number of esters is 1. The van der Waals surface area contributed by atoms with Gasteiger partial charge in [-0.25, -0.2) is 8.42 Å². The lowest BCUT2D eigenvalue weighted by molar-refractivity contribution is -0.144. The first-order chi connectivity index (χ1) is 9.94. The van der Waals surface area contributed by atoms with E-state index in [0.29, 0.717) is 24.4 Å². The van der Waals surface area contributed by atoms with Crippen LogP contribution in [0.5, 0.6) is 0 Å². The number of benzene rings is 1. The maximum Gasteiger partial charge on any atom is 0.313 e. The van der Waals surface area contributed by atoms with Crippen molar-refractivity contribution in [3.63, 3.8) is 0 Å². The molecule has 1 unspecified atom stereocenters. The standard InChI is InChI=1S/C16H20O4S/c1-3-20-16(17)12(2)14-8-6-13(7-9-14)11-15-5-4-10-21(15,18)19/h6-9,11-12H,3-5,10H2,1-2H3/b15-11+. The number of sulfone groups is 1. The Hall–Kier alpha value is -1.62. The van der Waals surface area contributed by atoms with E-state index in [4.69, 9.17) is 4.74 Å². The zero-order valence-corrected chi connectivity index (χ0v) is 13.2. The van der Waals surface area contributed by atoms with E-state index in [1.807, 2.05) is 24.3 Å². The molecule has 1 aliphatic rings. The number of carbonyl (C=O) groups excluding carboxylic acids is 1. The van der Waals surface area contributed by atoms with Crippen molar-refractivity contribution < 1.29 is 17.9 Å². The highest BCUT2D eigenvalue weighted by Gasteiger charge is 2.24. The normalized spacial score (nSPS) is 20.4. The van der Waals surface area contributed by atoms with Crippen molar-refractivity contribution >= 4 is 21.9 Å². The average Bonchev–Trinajstić information content (AvgIpc) is 2.78. The van der Waals surface area contributed by atoms with Gasteiger partial charge in [0.2, 0.25) is 0 Å². The van der Waals surface area contributed by atoms with E-state index in [1.54, 1.807) is 19.9 Å². The third kappa shape index (κ3) is 3.73. The fourth-order valence-corrected chi connectivity index (χ4v) is 3.91. The summed E-state index contributed by atoms with van der Waals surface area (Å²) >= 11 is 0. The van der Waals surface area contributed by atoms with Gasteiger partial charge in [-0.1, -0.05) is 24.3 Å². The quantitative estimate of drug-likeness (QED) is 0.802. The molecule has 0 spiro atoms. The molecule has 0 saturated carbocycles. The molecule has 1 aromatic carbocycles. The van der Waals surface area contributed by atoms with E-state index in [9.17, 15) is 13.2 Å². The second-order valence-corrected chi connectivity index (χ2v) is 7.34. The molecule has 5 heteroatoms. The van der Waals surface area contributed by atoms with Crippen molar-refractivity contribution in [1.82, 2.24) is 0 Å². The van der Waals surface area contributed by atoms with Crippen LogP contribution >= 0.6 is 0 Å². The van der Waals surface area contributed by atoms with Gasteiger partial charge in [0.25, 0.3) is 0 Å². The van der Waals surface area contributed by atoms with Crippen molar-refractivity contribution in [2.45, 2.75) is 32.6 Å². The number of rotatable bonds is 4. The average molecular weight is 308 g/mol. The third-order valence-corrected chi connectivity index (χ3v) is 5.59. The molecule has 1 atom stereocenters. The molecule has 0 aliphatic carbocycles. The van der Waals surface area contributed by atoms with Crippen molar-refractivity contribution in [2.24, 2.45) is 0 Å². The van der Waals surface area contributed by atoms with Gasteiger partial charge in [0.15, 0.2) is 9.84 Å². The van der Waals surface area contributed by atoms with Crippen molar-refractivity contribution in [2.75, 3.05) is 12.4 Å². The first-order valence-electron chi connectivity index (χ1n) is 7.14. The van der Waals surface area contributed by atoms with Crippen LogP contribution in [0.25, 0.3) is 6.08 Å². The predicted octanol–water partition coefficient (Wildman–Crippen LogP) is 2.90. The molecule has 0 amide bonds. The topological polar surface area (TPSA) is 60.4 Å². The van der Waals surface area contributed by atoms with Crippen molar-refractivity contribution in [3.05, 3.63) is 40.3 Å². The third-order valence-electron chi connectivity index (χ3n) is 3.64. The van der Waals surface area contributed by atoms with Crippen LogP contribution in [0.3, 0.4) is 0 Å². The molecule has 1 fully saturated rings. The largest absolute Gasteiger partial charge is 0.466 e. The Morgan fingerprint density at radius 1 is 1.33 bits per heavy atom. The first-order valence-corrected chi connectivity index (χ1v) is 8.79. The zero-order chi connectivity index (χ0) is 15.5. The molecular formula is C16H20O4S. The molecule has 1 saturated heterocycles. The lowest BCUT2D eigenvalue weighted by Gasteiger charge is -2.11. The van der Waals surface area contributed by atoms with Gasteiger partial charge in [0, 0.05) is 4.91 Å².